The molecule has 6 heteroatoms. The van der Waals surface area contributed by atoms with Gasteiger partial charge < -0.3 is 0 Å². The fourth-order valence-corrected chi connectivity index (χ4v) is 2.51. The van der Waals surface area contributed by atoms with Crippen LogP contribution in [0.1, 0.15) is 11.3 Å². The lowest BCUT2D eigenvalue weighted by Gasteiger charge is -2.03. The van der Waals surface area contributed by atoms with Gasteiger partial charge in [0.15, 0.2) is 0 Å². The van der Waals surface area contributed by atoms with Gasteiger partial charge in [0.05, 0.1) is 11.1 Å². The first-order valence-corrected chi connectivity index (χ1v) is 5.93. The van der Waals surface area contributed by atoms with E-state index in [0.717, 1.165) is 11.3 Å². The maximum absolute atomic E-state index is 11.8. The number of likely N-dealkylation sites (N-methyl/N-ethyl adjacent to an activating group) is 1. The largest absolute Gasteiger partial charge is 0.296 e. The number of amides is 1. The predicted molar refractivity (Wildman–Crippen MR) is 68.9 cm³/mol. The fraction of sp³-hybridized carbons (Fsp3) is 0.300. The maximum Gasteiger partial charge on any atom is 0.265 e. The number of thioether (sulfide) groups is 1. The van der Waals surface area contributed by atoms with E-state index >= 15 is 0 Å². The molecule has 2 heterocycles. The number of carbonyl (C=O) groups is 1. The van der Waals surface area contributed by atoms with E-state index in [-0.39, 0.29) is 5.91 Å². The Morgan fingerprint density at radius 3 is 2.62 bits per heavy atom. The van der Waals surface area contributed by atoms with Gasteiger partial charge in [0.1, 0.15) is 4.32 Å². The molecule has 16 heavy (non-hydrogen) atoms. The third-order valence-corrected chi connectivity index (χ3v) is 4.03. The molecule has 0 spiro atoms. The molecule has 0 atom stereocenters. The van der Waals surface area contributed by atoms with E-state index in [2.05, 4.69) is 5.10 Å². The number of thiocarbonyl (C=S) groups is 1. The predicted octanol–water partition coefficient (Wildman–Crippen LogP) is 1.56. The number of carbonyl (C=O) groups excluding carboxylic acids is 1. The minimum absolute atomic E-state index is 0.0433. The summed E-state index contributed by atoms with van der Waals surface area (Å²) >= 11 is 6.38. The van der Waals surface area contributed by atoms with E-state index in [0.29, 0.717) is 9.23 Å². The van der Waals surface area contributed by atoms with E-state index in [4.69, 9.17) is 12.2 Å². The Labute approximate surface area is 103 Å². The van der Waals surface area contributed by atoms with Crippen molar-refractivity contribution in [3.8, 4) is 0 Å². The number of aromatic nitrogens is 2. The Kier molecular flexibility index (Phi) is 2.86. The van der Waals surface area contributed by atoms with Gasteiger partial charge in [-0.2, -0.15) is 5.10 Å². The highest BCUT2D eigenvalue weighted by Crippen LogP contribution is 2.31. The Morgan fingerprint density at radius 2 is 2.19 bits per heavy atom. The van der Waals surface area contributed by atoms with Crippen LogP contribution in [-0.2, 0) is 11.8 Å². The van der Waals surface area contributed by atoms with Crippen molar-refractivity contribution < 1.29 is 4.79 Å². The lowest BCUT2D eigenvalue weighted by Crippen LogP contribution is -2.22. The molecule has 84 valence electrons. The van der Waals surface area contributed by atoms with E-state index in [1.54, 1.807) is 17.9 Å². The van der Waals surface area contributed by atoms with Crippen molar-refractivity contribution in [1.82, 2.24) is 14.7 Å². The summed E-state index contributed by atoms with van der Waals surface area (Å²) in [4.78, 5) is 13.9. The molecule has 0 aromatic carbocycles. The zero-order valence-corrected chi connectivity index (χ0v) is 10.9. The lowest BCUT2D eigenvalue weighted by molar-refractivity contribution is -0.121. The Morgan fingerprint density at radius 1 is 1.50 bits per heavy atom. The van der Waals surface area contributed by atoms with Crippen LogP contribution in [0.15, 0.2) is 11.1 Å². The average Bonchev–Trinajstić information content (AvgIpc) is 2.68. The van der Waals surface area contributed by atoms with Crippen LogP contribution in [0.2, 0.25) is 0 Å². The van der Waals surface area contributed by atoms with Crippen molar-refractivity contribution in [2.24, 2.45) is 7.05 Å². The summed E-state index contributed by atoms with van der Waals surface area (Å²) in [6.07, 6.45) is 3.59. The number of hydrogen-bond donors (Lipinski definition) is 0. The molecule has 1 fully saturated rings. The van der Waals surface area contributed by atoms with Crippen molar-refractivity contribution in [3.05, 3.63) is 22.4 Å². The smallest absolute Gasteiger partial charge is 0.265 e. The third-order valence-electron chi connectivity index (χ3n) is 2.55. The zero-order chi connectivity index (χ0) is 11.9. The first-order valence-electron chi connectivity index (χ1n) is 4.71. The highest BCUT2D eigenvalue weighted by atomic mass is 32.2. The molecule has 4 nitrogen and oxygen atoms in total. The van der Waals surface area contributed by atoms with Gasteiger partial charge in [0.25, 0.3) is 5.91 Å². The van der Waals surface area contributed by atoms with Crippen LogP contribution in [0.25, 0.3) is 6.08 Å². The summed E-state index contributed by atoms with van der Waals surface area (Å²) in [6.45, 7) is 1.96. The van der Waals surface area contributed by atoms with Crippen LogP contribution < -0.4 is 0 Å². The quantitative estimate of drug-likeness (QED) is 0.562. The number of aryl methyl sites for hydroxylation is 1. The van der Waals surface area contributed by atoms with Crippen LogP contribution in [0.4, 0.5) is 0 Å². The molecule has 0 radical (unpaired) electrons. The van der Waals surface area contributed by atoms with Gasteiger partial charge in [-0.1, -0.05) is 24.0 Å². The highest BCUT2D eigenvalue weighted by Gasteiger charge is 2.28. The lowest BCUT2D eigenvalue weighted by atomic mass is 10.2. The van der Waals surface area contributed by atoms with E-state index in [9.17, 15) is 4.79 Å². The highest BCUT2D eigenvalue weighted by molar-refractivity contribution is 8.26. The van der Waals surface area contributed by atoms with E-state index in [1.165, 1.54) is 16.7 Å². The van der Waals surface area contributed by atoms with Crippen molar-refractivity contribution in [2.45, 2.75) is 6.92 Å². The molecule has 1 amide bonds. The standard InChI is InChI=1S/C10H11N3OS2/c1-6-7(5-11-13(6)3)4-8-9(14)12(2)10(15)16-8/h4-5H,1-3H3/b8-4-. The molecular weight excluding hydrogens is 242 g/mol. The molecule has 1 saturated heterocycles. The van der Waals surface area contributed by atoms with Crippen LogP contribution in [0.5, 0.6) is 0 Å². The molecule has 1 aromatic heterocycles. The molecular formula is C10H11N3OS2. The monoisotopic (exact) mass is 253 g/mol. The second kappa shape index (κ2) is 4.03. The molecule has 0 aliphatic carbocycles. The van der Waals surface area contributed by atoms with E-state index in [1.807, 2.05) is 20.0 Å². The fourth-order valence-electron chi connectivity index (χ4n) is 1.34. The summed E-state index contributed by atoms with van der Waals surface area (Å²) < 4.78 is 2.37. The van der Waals surface area contributed by atoms with Gasteiger partial charge in [-0.25, -0.2) is 0 Å². The Bertz CT molecular complexity index is 504. The van der Waals surface area contributed by atoms with Crippen LogP contribution in [0, 0.1) is 6.92 Å². The van der Waals surface area contributed by atoms with Crippen LogP contribution >= 0.6 is 24.0 Å². The van der Waals surface area contributed by atoms with Crippen molar-refractivity contribution in [1.29, 1.82) is 0 Å². The van der Waals surface area contributed by atoms with Crippen molar-refractivity contribution >= 4 is 40.3 Å². The summed E-state index contributed by atoms with van der Waals surface area (Å²) in [5, 5.41) is 4.13. The van der Waals surface area contributed by atoms with Gasteiger partial charge in [-0.3, -0.25) is 14.4 Å². The normalized spacial score (nSPS) is 18.9. The minimum atomic E-state index is -0.0433. The van der Waals surface area contributed by atoms with Crippen LogP contribution in [-0.4, -0.2) is 32.0 Å². The molecule has 0 bridgehead atoms. The first kappa shape index (κ1) is 11.3. The van der Waals surface area contributed by atoms with Crippen molar-refractivity contribution in [3.63, 3.8) is 0 Å². The first-order chi connectivity index (χ1) is 7.50. The average molecular weight is 253 g/mol. The van der Waals surface area contributed by atoms with Crippen molar-refractivity contribution in [2.75, 3.05) is 7.05 Å². The molecule has 0 N–H and O–H groups in total. The molecule has 1 aliphatic rings. The van der Waals surface area contributed by atoms with E-state index < -0.39 is 0 Å². The second-order valence-electron chi connectivity index (χ2n) is 3.55. The van der Waals surface area contributed by atoms with Gasteiger partial charge in [-0.15, -0.1) is 0 Å². The molecule has 2 rings (SSSR count). The SMILES string of the molecule is Cc1c(/C=C2\SC(=S)N(C)C2=O)cnn1C. The molecule has 0 unspecified atom stereocenters. The van der Waals surface area contributed by atoms with Gasteiger partial charge in [0, 0.05) is 25.4 Å². The number of hydrogen-bond acceptors (Lipinski definition) is 4. The molecule has 1 aromatic rings. The van der Waals surface area contributed by atoms with Crippen LogP contribution in [0.3, 0.4) is 0 Å². The molecule has 0 saturated carbocycles. The van der Waals surface area contributed by atoms with Gasteiger partial charge in [-0.05, 0) is 13.0 Å². The second-order valence-corrected chi connectivity index (χ2v) is 5.23. The summed E-state index contributed by atoms with van der Waals surface area (Å²) in [7, 11) is 3.56. The number of nitrogens with zero attached hydrogens (tertiary/aromatic N) is 3. The van der Waals surface area contributed by atoms with Gasteiger partial charge >= 0.3 is 0 Å². The number of rotatable bonds is 1. The summed E-state index contributed by atoms with van der Waals surface area (Å²) in [6, 6.07) is 0. The minimum Gasteiger partial charge on any atom is -0.296 e. The Hall–Kier alpha value is -1.14. The zero-order valence-electron chi connectivity index (χ0n) is 9.22. The maximum atomic E-state index is 11.8. The molecule has 1 aliphatic heterocycles. The topological polar surface area (TPSA) is 38.1 Å². The summed E-state index contributed by atoms with van der Waals surface area (Å²) in [5.74, 6) is -0.0433. The summed E-state index contributed by atoms with van der Waals surface area (Å²) in [5.41, 5.74) is 1.98. The Balaban J connectivity index is 2.36. The van der Waals surface area contributed by atoms with Gasteiger partial charge in [0.2, 0.25) is 0 Å². The third kappa shape index (κ3) is 1.78.